The maximum absolute atomic E-state index is 14.1. The molecule has 2 aliphatic heterocycles. The summed E-state index contributed by atoms with van der Waals surface area (Å²) in [5.41, 5.74) is 0.563. The van der Waals surface area contributed by atoms with E-state index in [9.17, 15) is 14.0 Å². The first kappa shape index (κ1) is 17.5. The third-order valence-corrected chi connectivity index (χ3v) is 4.11. The van der Waals surface area contributed by atoms with Gasteiger partial charge in [-0.2, -0.15) is 0 Å². The van der Waals surface area contributed by atoms with Crippen LogP contribution in [0.15, 0.2) is 18.2 Å². The SMILES string of the molecule is C[C@@H]1CNCCN1C(=O)c1cc(N2CCNC2=O)ccc1F.Cl. The summed E-state index contributed by atoms with van der Waals surface area (Å²) in [5, 5.41) is 5.89. The standard InChI is InChI=1S/C15H19FN4O2.ClH/c1-10-9-17-4-6-19(10)14(21)12-8-11(2-3-13(12)16)20-7-5-18-15(20)22;/h2-3,8,10,17H,4-7,9H2,1H3,(H,18,22);1H/t10-;/m1./s1. The molecule has 6 nitrogen and oxygen atoms in total. The monoisotopic (exact) mass is 342 g/mol. The third-order valence-electron chi connectivity index (χ3n) is 4.11. The van der Waals surface area contributed by atoms with E-state index in [2.05, 4.69) is 10.6 Å². The average molecular weight is 343 g/mol. The fraction of sp³-hybridized carbons (Fsp3) is 0.467. The summed E-state index contributed by atoms with van der Waals surface area (Å²) >= 11 is 0. The van der Waals surface area contributed by atoms with Crippen LogP contribution >= 0.6 is 12.4 Å². The minimum absolute atomic E-state index is 0. The number of piperazine rings is 1. The Balaban J connectivity index is 0.00000192. The number of benzene rings is 1. The second kappa shape index (κ2) is 7.14. The highest BCUT2D eigenvalue weighted by Gasteiger charge is 2.28. The number of hydrogen-bond donors (Lipinski definition) is 2. The Morgan fingerprint density at radius 1 is 1.30 bits per heavy atom. The van der Waals surface area contributed by atoms with Crippen LogP contribution in [0.1, 0.15) is 17.3 Å². The topological polar surface area (TPSA) is 64.7 Å². The predicted molar refractivity (Wildman–Crippen MR) is 87.8 cm³/mol. The minimum Gasteiger partial charge on any atom is -0.336 e. The van der Waals surface area contributed by atoms with Gasteiger partial charge in [-0.1, -0.05) is 0 Å². The molecule has 0 bridgehead atoms. The zero-order valence-electron chi connectivity index (χ0n) is 12.8. The molecule has 3 rings (SSSR count). The molecule has 0 aliphatic carbocycles. The molecule has 8 heteroatoms. The minimum atomic E-state index is -0.556. The van der Waals surface area contributed by atoms with E-state index in [1.54, 1.807) is 4.90 Å². The molecule has 0 saturated carbocycles. The molecule has 1 aromatic carbocycles. The largest absolute Gasteiger partial charge is 0.336 e. The zero-order chi connectivity index (χ0) is 15.7. The molecule has 2 aliphatic rings. The molecule has 126 valence electrons. The summed E-state index contributed by atoms with van der Waals surface area (Å²) in [6.07, 6.45) is 0. The number of carbonyl (C=O) groups excluding carboxylic acids is 2. The van der Waals surface area contributed by atoms with Gasteiger partial charge in [0.25, 0.3) is 5.91 Å². The number of carbonyl (C=O) groups is 2. The molecule has 2 fully saturated rings. The van der Waals surface area contributed by atoms with Crippen molar-refractivity contribution in [3.63, 3.8) is 0 Å². The lowest BCUT2D eigenvalue weighted by atomic mass is 10.1. The van der Waals surface area contributed by atoms with E-state index in [0.717, 1.165) is 0 Å². The van der Waals surface area contributed by atoms with Crippen LogP contribution in [0.3, 0.4) is 0 Å². The Kier molecular flexibility index (Phi) is 5.43. The molecule has 1 atom stereocenters. The number of amides is 3. The van der Waals surface area contributed by atoms with Gasteiger partial charge in [0.15, 0.2) is 0 Å². The third kappa shape index (κ3) is 3.40. The van der Waals surface area contributed by atoms with Crippen molar-refractivity contribution in [3.05, 3.63) is 29.6 Å². The molecule has 2 N–H and O–H groups in total. The molecule has 2 heterocycles. The van der Waals surface area contributed by atoms with Gasteiger partial charge in [0.1, 0.15) is 5.82 Å². The number of nitrogens with one attached hydrogen (secondary N) is 2. The van der Waals surface area contributed by atoms with Gasteiger partial charge < -0.3 is 15.5 Å². The molecule has 23 heavy (non-hydrogen) atoms. The highest BCUT2D eigenvalue weighted by molar-refractivity contribution is 5.98. The fourth-order valence-electron chi connectivity index (χ4n) is 2.86. The summed E-state index contributed by atoms with van der Waals surface area (Å²) in [6, 6.07) is 4.04. The van der Waals surface area contributed by atoms with E-state index < -0.39 is 5.82 Å². The van der Waals surface area contributed by atoms with E-state index in [0.29, 0.717) is 38.4 Å². The van der Waals surface area contributed by atoms with Crippen molar-refractivity contribution in [2.24, 2.45) is 0 Å². The second-order valence-electron chi connectivity index (χ2n) is 5.60. The van der Waals surface area contributed by atoms with Crippen molar-refractivity contribution < 1.29 is 14.0 Å². The number of anilines is 1. The summed E-state index contributed by atoms with van der Waals surface area (Å²) in [5.74, 6) is -0.882. The number of hydrogen-bond acceptors (Lipinski definition) is 3. The fourth-order valence-corrected chi connectivity index (χ4v) is 2.86. The number of nitrogens with zero attached hydrogens (tertiary/aromatic N) is 2. The number of urea groups is 1. The maximum atomic E-state index is 14.1. The summed E-state index contributed by atoms with van der Waals surface area (Å²) in [4.78, 5) is 27.5. The molecule has 0 spiro atoms. The molecule has 2 saturated heterocycles. The Morgan fingerprint density at radius 3 is 2.74 bits per heavy atom. The molecule has 3 amide bonds. The highest BCUT2D eigenvalue weighted by Crippen LogP contribution is 2.22. The van der Waals surface area contributed by atoms with Crippen LogP contribution in [0.2, 0.25) is 0 Å². The lowest BCUT2D eigenvalue weighted by molar-refractivity contribution is 0.0651. The van der Waals surface area contributed by atoms with Crippen molar-refractivity contribution in [2.75, 3.05) is 37.6 Å². The first-order valence-electron chi connectivity index (χ1n) is 7.44. The van der Waals surface area contributed by atoms with Crippen LogP contribution in [0.4, 0.5) is 14.9 Å². The van der Waals surface area contributed by atoms with Gasteiger partial charge in [0, 0.05) is 44.5 Å². The number of rotatable bonds is 2. The van der Waals surface area contributed by atoms with E-state index in [1.807, 2.05) is 6.92 Å². The Bertz CT molecular complexity index is 613. The molecular formula is C15H20ClFN4O2. The first-order chi connectivity index (χ1) is 10.6. The van der Waals surface area contributed by atoms with Crippen LogP contribution in [-0.4, -0.2) is 55.6 Å². The van der Waals surface area contributed by atoms with Crippen molar-refractivity contribution >= 4 is 30.0 Å². The van der Waals surface area contributed by atoms with E-state index in [4.69, 9.17) is 0 Å². The van der Waals surface area contributed by atoms with Gasteiger partial charge in [-0.15, -0.1) is 12.4 Å². The molecule has 1 aromatic rings. The van der Waals surface area contributed by atoms with Gasteiger partial charge in [-0.25, -0.2) is 9.18 Å². The van der Waals surface area contributed by atoms with E-state index in [1.165, 1.54) is 23.1 Å². The van der Waals surface area contributed by atoms with Crippen LogP contribution in [0, 0.1) is 5.82 Å². The summed E-state index contributed by atoms with van der Waals surface area (Å²) in [7, 11) is 0. The normalized spacial score (nSPS) is 21.0. The molecular weight excluding hydrogens is 323 g/mol. The first-order valence-corrected chi connectivity index (χ1v) is 7.44. The highest BCUT2D eigenvalue weighted by atomic mass is 35.5. The van der Waals surface area contributed by atoms with Crippen LogP contribution in [-0.2, 0) is 0 Å². The Hall–Kier alpha value is -1.86. The van der Waals surface area contributed by atoms with Crippen LogP contribution in [0.25, 0.3) is 0 Å². The van der Waals surface area contributed by atoms with Crippen molar-refractivity contribution in [2.45, 2.75) is 13.0 Å². The Labute approximate surface area is 140 Å². The second-order valence-corrected chi connectivity index (χ2v) is 5.60. The molecule has 0 radical (unpaired) electrons. The molecule has 0 aromatic heterocycles. The lowest BCUT2D eigenvalue weighted by Gasteiger charge is -2.34. The van der Waals surface area contributed by atoms with Gasteiger partial charge in [0.05, 0.1) is 5.56 Å². The summed E-state index contributed by atoms with van der Waals surface area (Å²) < 4.78 is 14.1. The predicted octanol–water partition coefficient (Wildman–Crippen LogP) is 1.21. The smallest absolute Gasteiger partial charge is 0.321 e. The van der Waals surface area contributed by atoms with Gasteiger partial charge in [-0.05, 0) is 25.1 Å². The lowest BCUT2D eigenvalue weighted by Crippen LogP contribution is -2.52. The quantitative estimate of drug-likeness (QED) is 0.849. The van der Waals surface area contributed by atoms with Gasteiger partial charge >= 0.3 is 6.03 Å². The van der Waals surface area contributed by atoms with Crippen LogP contribution < -0.4 is 15.5 Å². The van der Waals surface area contributed by atoms with E-state index in [-0.39, 0.29) is 36.0 Å². The number of halogens is 2. The van der Waals surface area contributed by atoms with Gasteiger partial charge in [0.2, 0.25) is 0 Å². The summed E-state index contributed by atoms with van der Waals surface area (Å²) in [6.45, 7) is 4.94. The maximum Gasteiger partial charge on any atom is 0.321 e. The average Bonchev–Trinajstić information content (AvgIpc) is 2.94. The van der Waals surface area contributed by atoms with Crippen LogP contribution in [0.5, 0.6) is 0 Å². The van der Waals surface area contributed by atoms with Crippen molar-refractivity contribution in [1.82, 2.24) is 15.5 Å². The Morgan fingerprint density at radius 2 is 2.09 bits per heavy atom. The van der Waals surface area contributed by atoms with Crippen molar-refractivity contribution in [3.8, 4) is 0 Å². The zero-order valence-corrected chi connectivity index (χ0v) is 13.7. The van der Waals surface area contributed by atoms with Crippen molar-refractivity contribution in [1.29, 1.82) is 0 Å². The van der Waals surface area contributed by atoms with E-state index >= 15 is 0 Å². The van der Waals surface area contributed by atoms with Gasteiger partial charge in [-0.3, -0.25) is 9.69 Å². The molecule has 0 unspecified atom stereocenters.